The lowest BCUT2D eigenvalue weighted by Gasteiger charge is -2.23. The van der Waals surface area contributed by atoms with Crippen LogP contribution in [0.3, 0.4) is 0 Å². The molecule has 0 amide bonds. The molecule has 0 spiro atoms. The lowest BCUT2D eigenvalue weighted by molar-refractivity contribution is 0.239. The van der Waals surface area contributed by atoms with Crippen LogP contribution in [0.4, 0.5) is 0 Å². The van der Waals surface area contributed by atoms with E-state index in [1.165, 1.54) is 0 Å². The van der Waals surface area contributed by atoms with Crippen LogP contribution in [-0.4, -0.2) is 35.1 Å². The Morgan fingerprint density at radius 1 is 1.17 bits per heavy atom. The Labute approximate surface area is 106 Å². The highest BCUT2D eigenvalue weighted by molar-refractivity contribution is 5.03. The number of pyridine rings is 1. The van der Waals surface area contributed by atoms with E-state index in [1.54, 1.807) is 20.0 Å². The fourth-order valence-electron chi connectivity index (χ4n) is 1.74. The molecule has 6 heteroatoms. The molecule has 0 N–H and O–H groups in total. The van der Waals surface area contributed by atoms with E-state index in [1.807, 2.05) is 23.1 Å². The summed E-state index contributed by atoms with van der Waals surface area (Å²) in [6.45, 7) is 5.08. The number of nitroso groups, excluding NO2 is 2. The van der Waals surface area contributed by atoms with Crippen molar-refractivity contribution in [2.45, 2.75) is 32.5 Å². The number of aromatic nitrogens is 1. The summed E-state index contributed by atoms with van der Waals surface area (Å²) in [7, 11) is 0. The molecular formula is C12H18N4O2. The van der Waals surface area contributed by atoms with Crippen LogP contribution >= 0.6 is 0 Å². The Morgan fingerprint density at radius 3 is 2.22 bits per heavy atom. The number of nitrogens with zero attached hydrogens (tertiary/aromatic N) is 4. The van der Waals surface area contributed by atoms with Crippen LogP contribution in [0.15, 0.2) is 34.7 Å². The lowest BCUT2D eigenvalue weighted by Crippen LogP contribution is -2.35. The summed E-state index contributed by atoms with van der Waals surface area (Å²) in [6, 6.07) is 5.04. The molecule has 2 unspecified atom stereocenters. The monoisotopic (exact) mass is 250 g/mol. The first-order valence-corrected chi connectivity index (χ1v) is 5.93. The second-order valence-corrected chi connectivity index (χ2v) is 4.42. The highest BCUT2D eigenvalue weighted by atomic mass is 16.3. The van der Waals surface area contributed by atoms with Crippen molar-refractivity contribution in [2.75, 3.05) is 13.1 Å². The smallest absolute Gasteiger partial charge is 0.102 e. The molecule has 0 aliphatic heterocycles. The molecule has 18 heavy (non-hydrogen) atoms. The van der Waals surface area contributed by atoms with E-state index >= 15 is 0 Å². The Morgan fingerprint density at radius 2 is 1.78 bits per heavy atom. The van der Waals surface area contributed by atoms with Gasteiger partial charge in [0, 0.05) is 25.8 Å². The quantitative estimate of drug-likeness (QED) is 0.663. The van der Waals surface area contributed by atoms with Crippen LogP contribution in [-0.2, 0) is 6.54 Å². The van der Waals surface area contributed by atoms with Crippen molar-refractivity contribution < 1.29 is 0 Å². The number of rotatable bonds is 8. The van der Waals surface area contributed by atoms with Gasteiger partial charge in [0.05, 0.1) is 5.69 Å². The molecule has 98 valence electrons. The van der Waals surface area contributed by atoms with Gasteiger partial charge < -0.3 is 0 Å². The van der Waals surface area contributed by atoms with Crippen molar-refractivity contribution >= 4 is 0 Å². The van der Waals surface area contributed by atoms with E-state index in [2.05, 4.69) is 15.3 Å². The van der Waals surface area contributed by atoms with Gasteiger partial charge in [-0.1, -0.05) is 16.4 Å². The van der Waals surface area contributed by atoms with Crippen LogP contribution in [0.2, 0.25) is 0 Å². The van der Waals surface area contributed by atoms with Gasteiger partial charge in [0.2, 0.25) is 0 Å². The van der Waals surface area contributed by atoms with Crippen molar-refractivity contribution in [2.24, 2.45) is 10.4 Å². The molecule has 1 rings (SSSR count). The first-order chi connectivity index (χ1) is 8.65. The third-order valence-electron chi connectivity index (χ3n) is 2.52. The summed E-state index contributed by atoms with van der Waals surface area (Å²) in [4.78, 5) is 27.1. The zero-order valence-electron chi connectivity index (χ0n) is 10.7. The first kappa shape index (κ1) is 14.4. The second-order valence-electron chi connectivity index (χ2n) is 4.42. The third-order valence-corrected chi connectivity index (χ3v) is 2.52. The van der Waals surface area contributed by atoms with E-state index in [0.717, 1.165) is 5.69 Å². The number of hydrogen-bond acceptors (Lipinski definition) is 6. The van der Waals surface area contributed by atoms with Gasteiger partial charge in [-0.15, -0.1) is 0 Å². The molecule has 1 aromatic heterocycles. The molecule has 0 saturated heterocycles. The minimum atomic E-state index is -0.312. The maximum atomic E-state index is 10.5. The Hall–Kier alpha value is -1.69. The van der Waals surface area contributed by atoms with Gasteiger partial charge in [-0.2, -0.15) is 9.81 Å². The standard InChI is InChI=1S/C12H18N4O2/c1-10(14-17)7-16(8-11(2)15-18)9-12-5-3-4-6-13-12/h3-6,10-11H,7-9H2,1-2H3. The van der Waals surface area contributed by atoms with E-state index < -0.39 is 0 Å². The lowest BCUT2D eigenvalue weighted by atomic mass is 10.2. The molecule has 0 aliphatic carbocycles. The highest BCUT2D eigenvalue weighted by Crippen LogP contribution is 2.06. The van der Waals surface area contributed by atoms with Gasteiger partial charge >= 0.3 is 0 Å². The maximum absolute atomic E-state index is 10.5. The van der Waals surface area contributed by atoms with Crippen LogP contribution in [0.1, 0.15) is 19.5 Å². The largest absolute Gasteiger partial charge is 0.293 e. The summed E-state index contributed by atoms with van der Waals surface area (Å²) in [5, 5.41) is 5.96. The van der Waals surface area contributed by atoms with Crippen LogP contribution in [0.5, 0.6) is 0 Å². The molecule has 0 saturated carbocycles. The molecule has 0 aromatic carbocycles. The average molecular weight is 250 g/mol. The van der Waals surface area contributed by atoms with Crippen molar-refractivity contribution in [1.82, 2.24) is 9.88 Å². The van der Waals surface area contributed by atoms with Crippen molar-refractivity contribution in [3.05, 3.63) is 39.9 Å². The summed E-state index contributed by atoms with van der Waals surface area (Å²) in [5.74, 6) is 0. The fourth-order valence-corrected chi connectivity index (χ4v) is 1.74. The molecule has 0 bridgehead atoms. The van der Waals surface area contributed by atoms with Crippen LogP contribution in [0, 0.1) is 9.81 Å². The second kappa shape index (κ2) is 7.60. The van der Waals surface area contributed by atoms with Crippen LogP contribution in [0.25, 0.3) is 0 Å². The number of hydrogen-bond donors (Lipinski definition) is 0. The minimum absolute atomic E-state index is 0.312. The zero-order valence-corrected chi connectivity index (χ0v) is 10.7. The van der Waals surface area contributed by atoms with Gasteiger partial charge in [0.1, 0.15) is 12.1 Å². The van der Waals surface area contributed by atoms with Gasteiger partial charge in [-0.25, -0.2) is 0 Å². The molecule has 1 heterocycles. The van der Waals surface area contributed by atoms with Gasteiger partial charge in [-0.3, -0.25) is 9.88 Å². The highest BCUT2D eigenvalue weighted by Gasteiger charge is 2.15. The molecule has 2 atom stereocenters. The minimum Gasteiger partial charge on any atom is -0.293 e. The van der Waals surface area contributed by atoms with E-state index in [0.29, 0.717) is 19.6 Å². The predicted octanol–water partition coefficient (Wildman–Crippen LogP) is 2.19. The molecular weight excluding hydrogens is 232 g/mol. The van der Waals surface area contributed by atoms with E-state index in [4.69, 9.17) is 0 Å². The van der Waals surface area contributed by atoms with E-state index in [9.17, 15) is 9.81 Å². The summed E-state index contributed by atoms with van der Waals surface area (Å²) >= 11 is 0. The fraction of sp³-hybridized carbons (Fsp3) is 0.583. The molecule has 6 nitrogen and oxygen atoms in total. The SMILES string of the molecule is CC(CN(Cc1ccccn1)CC(C)N=O)N=O. The van der Waals surface area contributed by atoms with Crippen LogP contribution < -0.4 is 0 Å². The Bertz CT molecular complexity index is 356. The Balaban J connectivity index is 2.64. The molecule has 0 aliphatic rings. The van der Waals surface area contributed by atoms with Crippen molar-refractivity contribution in [3.63, 3.8) is 0 Å². The topological polar surface area (TPSA) is 75.0 Å². The Kier molecular flexibility index (Phi) is 6.07. The van der Waals surface area contributed by atoms with Gasteiger partial charge in [0.15, 0.2) is 0 Å². The first-order valence-electron chi connectivity index (χ1n) is 5.93. The van der Waals surface area contributed by atoms with E-state index in [-0.39, 0.29) is 12.1 Å². The summed E-state index contributed by atoms with van der Waals surface area (Å²) in [5.41, 5.74) is 0.897. The normalized spacial score (nSPS) is 14.2. The van der Waals surface area contributed by atoms with Gasteiger partial charge in [0.25, 0.3) is 0 Å². The maximum Gasteiger partial charge on any atom is 0.102 e. The van der Waals surface area contributed by atoms with Gasteiger partial charge in [-0.05, 0) is 26.0 Å². The summed E-state index contributed by atoms with van der Waals surface area (Å²) < 4.78 is 0. The molecule has 1 aromatic rings. The zero-order chi connectivity index (χ0) is 13.4. The third kappa shape index (κ3) is 5.09. The molecule has 0 radical (unpaired) electrons. The predicted molar refractivity (Wildman–Crippen MR) is 70.0 cm³/mol. The van der Waals surface area contributed by atoms with Crippen molar-refractivity contribution in [1.29, 1.82) is 0 Å². The summed E-state index contributed by atoms with van der Waals surface area (Å²) in [6.07, 6.45) is 1.72. The van der Waals surface area contributed by atoms with Crippen molar-refractivity contribution in [3.8, 4) is 0 Å². The average Bonchev–Trinajstić information content (AvgIpc) is 2.39. The molecule has 0 fully saturated rings.